The molecule has 0 unspecified atom stereocenters. The number of nitrogens with two attached hydrogens (primary N) is 1. The number of anilines is 1. The van der Waals surface area contributed by atoms with E-state index in [1.54, 1.807) is 67.3 Å². The Kier molecular flexibility index (Phi) is 18.1. The number of hydrogen-bond donors (Lipinski definition) is 2. The smallest absolute Gasteiger partial charge is 0.300 e. The first-order chi connectivity index (χ1) is 34.9. The predicted molar refractivity (Wildman–Crippen MR) is 299 cm³/mol. The van der Waals surface area contributed by atoms with Gasteiger partial charge in [0.15, 0.2) is 5.52 Å². The molecule has 74 heavy (non-hydrogen) atoms. The maximum absolute atomic E-state index is 11.8. The Morgan fingerprint density at radius 2 is 0.838 bits per heavy atom. The summed E-state index contributed by atoms with van der Waals surface area (Å²) in [7, 11) is 3.35. The third-order valence-corrected chi connectivity index (χ3v) is 16.3. The number of benzene rings is 5. The van der Waals surface area contributed by atoms with Crippen molar-refractivity contribution in [3.05, 3.63) is 93.0 Å². The molecule has 2 heterocycles. The maximum Gasteiger partial charge on any atom is 0.300 e. The van der Waals surface area contributed by atoms with Gasteiger partial charge in [0.1, 0.15) is 49.4 Å². The van der Waals surface area contributed by atoms with E-state index in [-0.39, 0.29) is 45.0 Å². The van der Waals surface area contributed by atoms with Crippen molar-refractivity contribution in [2.75, 3.05) is 72.3 Å². The highest BCUT2D eigenvalue weighted by atomic mass is 32.2. The van der Waals surface area contributed by atoms with Crippen molar-refractivity contribution in [1.82, 2.24) is 10.3 Å². The Hall–Kier alpha value is -4.82. The van der Waals surface area contributed by atoms with Gasteiger partial charge in [0.05, 0.1) is 63.0 Å². The fourth-order valence-corrected chi connectivity index (χ4v) is 12.6. The van der Waals surface area contributed by atoms with Gasteiger partial charge in [-0.1, -0.05) is 130 Å². The molecule has 0 spiro atoms. The van der Waals surface area contributed by atoms with Crippen molar-refractivity contribution in [3.8, 4) is 23.0 Å². The summed E-state index contributed by atoms with van der Waals surface area (Å²) in [6, 6.07) is 21.0. The molecule has 0 fully saturated rings. The van der Waals surface area contributed by atoms with Crippen LogP contribution in [0.4, 0.5) is 11.4 Å². The third kappa shape index (κ3) is 13.6. The zero-order valence-corrected chi connectivity index (χ0v) is 48.4. The van der Waals surface area contributed by atoms with Crippen LogP contribution in [-0.4, -0.2) is 82.2 Å². The van der Waals surface area contributed by atoms with Crippen LogP contribution in [0.1, 0.15) is 105 Å². The van der Waals surface area contributed by atoms with Crippen molar-refractivity contribution < 1.29 is 38.0 Å². The van der Waals surface area contributed by atoms with E-state index >= 15 is 0 Å². The molecule has 0 saturated carbocycles. The molecular formula is C56H71N5O9S4. The molecule has 1 aliphatic heterocycles. The van der Waals surface area contributed by atoms with Crippen LogP contribution in [0.3, 0.4) is 0 Å². The minimum absolute atomic E-state index is 0.0639. The van der Waals surface area contributed by atoms with E-state index in [4.69, 9.17) is 38.8 Å². The monoisotopic (exact) mass is 1090 g/mol. The Morgan fingerprint density at radius 3 is 1.15 bits per heavy atom. The lowest BCUT2D eigenvalue weighted by molar-refractivity contribution is -0.383. The van der Waals surface area contributed by atoms with Gasteiger partial charge in [-0.05, 0) is 109 Å². The van der Waals surface area contributed by atoms with Crippen molar-refractivity contribution in [3.63, 3.8) is 0 Å². The summed E-state index contributed by atoms with van der Waals surface area (Å²) in [6.07, 6.45) is 0. The largest absolute Gasteiger partial charge is 0.490 e. The second kappa shape index (κ2) is 23.6. The first-order valence-electron chi connectivity index (χ1n) is 24.7. The number of nitro groups is 1. The number of rotatable bonds is 17. The molecule has 8 bridgehead atoms. The van der Waals surface area contributed by atoms with Crippen LogP contribution in [0, 0.1) is 10.1 Å². The summed E-state index contributed by atoms with van der Waals surface area (Å²) in [6.45, 7) is 29.3. The van der Waals surface area contributed by atoms with Crippen molar-refractivity contribution in [1.29, 1.82) is 0 Å². The molecule has 5 aromatic carbocycles. The second-order valence-electron chi connectivity index (χ2n) is 22.1. The Bertz CT molecular complexity index is 2850. The summed E-state index contributed by atoms with van der Waals surface area (Å²) in [5.74, 6) is 2.85. The number of fused-ring (bicyclic) bond motifs is 9. The quantitative estimate of drug-likeness (QED) is 0.0500. The number of ether oxygens (including phenoxy) is 6. The normalized spacial score (nSPS) is 13.2. The number of aromatic nitrogens is 2. The first kappa shape index (κ1) is 56.9. The molecule has 0 atom stereocenters. The molecular weight excluding hydrogens is 1010 g/mol. The molecule has 1 aromatic heterocycles. The summed E-state index contributed by atoms with van der Waals surface area (Å²) < 4.78 is 43.8. The van der Waals surface area contributed by atoms with Crippen LogP contribution in [0.5, 0.6) is 23.0 Å². The van der Waals surface area contributed by atoms with Crippen LogP contribution in [-0.2, 0) is 31.1 Å². The van der Waals surface area contributed by atoms with Crippen molar-refractivity contribution in [2.45, 2.75) is 144 Å². The highest BCUT2D eigenvalue weighted by Gasteiger charge is 2.31. The van der Waals surface area contributed by atoms with E-state index in [1.165, 1.54) is 6.07 Å². The highest BCUT2D eigenvalue weighted by molar-refractivity contribution is 8.01. The standard InChI is InChI=1S/C56H71N5O9S4/c1-53(2,3)33-25-39-49(66-19-17-57)40(26-33)72-44-30-36(56(10,11)12)32-46(52(44)69-24-22-65-14)74-42-28-34(54(4,5)6)27-41(73-45-31-35(55(7,8)9)29-43(71-39)51(45)68-23-21-64-13)50(42)67-20-18-58-37-15-16-38(61(62)63)48-47(37)59-70-60-48/h15-16,25-32,58H,17-24,57H2,1-14H3. The minimum atomic E-state index is -0.500. The highest BCUT2D eigenvalue weighted by Crippen LogP contribution is 2.56. The average Bonchev–Trinajstić information content (AvgIpc) is 3.81. The van der Waals surface area contributed by atoms with Gasteiger partial charge >= 0.3 is 5.69 Å². The zero-order valence-electron chi connectivity index (χ0n) is 45.2. The Balaban J connectivity index is 1.54. The molecule has 0 radical (unpaired) electrons. The number of nitrogens with one attached hydrogen (secondary N) is 1. The molecule has 3 N–H and O–H groups in total. The summed E-state index contributed by atoms with van der Waals surface area (Å²) >= 11 is 6.47. The van der Waals surface area contributed by atoms with Gasteiger partial charge in [-0.25, -0.2) is 4.63 Å². The van der Waals surface area contributed by atoms with Crippen LogP contribution in [0.25, 0.3) is 11.0 Å². The predicted octanol–water partition coefficient (Wildman–Crippen LogP) is 14.1. The molecule has 0 amide bonds. The number of hydrogen-bond acceptors (Lipinski definition) is 17. The summed E-state index contributed by atoms with van der Waals surface area (Å²) in [5.41, 5.74) is 10.4. The van der Waals surface area contributed by atoms with Gasteiger partial charge in [-0.2, -0.15) is 0 Å². The molecule has 0 saturated heterocycles. The van der Waals surface area contributed by atoms with Crippen molar-refractivity contribution in [2.24, 2.45) is 5.73 Å². The average molecular weight is 1090 g/mol. The van der Waals surface area contributed by atoms with Gasteiger partial charge in [-0.15, -0.1) is 0 Å². The molecule has 6 aromatic rings. The van der Waals surface area contributed by atoms with E-state index < -0.39 is 4.92 Å². The molecule has 18 heteroatoms. The summed E-state index contributed by atoms with van der Waals surface area (Å²) in [5, 5.41) is 23.0. The van der Waals surface area contributed by atoms with Crippen LogP contribution in [0.2, 0.25) is 0 Å². The maximum atomic E-state index is 11.8. The number of non-ortho nitro benzene ring substituents is 1. The van der Waals surface area contributed by atoms with E-state index in [9.17, 15) is 10.1 Å². The summed E-state index contributed by atoms with van der Waals surface area (Å²) in [4.78, 5) is 18.6. The van der Waals surface area contributed by atoms with E-state index in [0.717, 1.165) is 78.7 Å². The molecule has 14 nitrogen and oxygen atoms in total. The topological polar surface area (TPSA) is 175 Å². The third-order valence-electron chi connectivity index (χ3n) is 12.1. The van der Waals surface area contributed by atoms with Gasteiger partial charge in [-0.3, -0.25) is 10.1 Å². The zero-order chi connectivity index (χ0) is 53.8. The lowest BCUT2D eigenvalue weighted by Crippen LogP contribution is -2.15. The number of nitrogens with zero attached hydrogens (tertiary/aromatic N) is 3. The molecule has 1 aliphatic rings. The van der Waals surface area contributed by atoms with E-state index in [2.05, 4.69) is 147 Å². The Labute approximate surface area is 453 Å². The lowest BCUT2D eigenvalue weighted by Gasteiger charge is -2.28. The Morgan fingerprint density at radius 1 is 0.514 bits per heavy atom. The lowest BCUT2D eigenvalue weighted by atomic mass is 9.87. The number of methoxy groups -OCH3 is 2. The molecule has 0 aliphatic carbocycles. The fourth-order valence-electron chi connectivity index (χ4n) is 7.79. The van der Waals surface area contributed by atoms with Crippen LogP contribution < -0.4 is 30.0 Å². The van der Waals surface area contributed by atoms with Crippen LogP contribution >= 0.6 is 47.0 Å². The van der Waals surface area contributed by atoms with Gasteiger partial charge in [0.25, 0.3) is 0 Å². The van der Waals surface area contributed by atoms with Gasteiger partial charge in [0.2, 0.25) is 5.52 Å². The molecule has 7 rings (SSSR count). The molecule has 398 valence electrons. The van der Waals surface area contributed by atoms with E-state index in [0.29, 0.717) is 57.6 Å². The van der Waals surface area contributed by atoms with Gasteiger partial charge < -0.3 is 39.5 Å². The minimum Gasteiger partial charge on any atom is -0.490 e. The van der Waals surface area contributed by atoms with E-state index in [1.807, 2.05) is 0 Å². The van der Waals surface area contributed by atoms with Gasteiger partial charge in [0, 0.05) is 33.4 Å². The first-order valence-corrected chi connectivity index (χ1v) is 28.0. The SMILES string of the molecule is COCCOc1c2cc(C(C)(C)C)cc1Sc1cc(C(C)(C)C)cc(c1OCCNc1ccc([N+](=O)[O-])c3nonc13)Sc1cc(C(C)(C)C)cc(c1OCCOC)Sc1cc(C(C)(C)C)cc(c1OCCN)S2. The number of nitro benzene ring substituents is 1. The van der Waals surface area contributed by atoms with Crippen molar-refractivity contribution >= 4 is 69.5 Å². The fraction of sp³-hybridized carbons (Fsp3) is 0.464. The second-order valence-corrected chi connectivity index (χ2v) is 26.4. The van der Waals surface area contributed by atoms with Crippen LogP contribution in [0.15, 0.2) is 104 Å².